The fourth-order valence-corrected chi connectivity index (χ4v) is 6.05. The van der Waals surface area contributed by atoms with Crippen molar-refractivity contribution in [3.63, 3.8) is 0 Å². The number of benzene rings is 2. The summed E-state index contributed by atoms with van der Waals surface area (Å²) in [5.74, 6) is 0.827. The number of thioether (sulfide) groups is 2. The van der Waals surface area contributed by atoms with Gasteiger partial charge in [-0.2, -0.15) is 0 Å². The van der Waals surface area contributed by atoms with E-state index in [-0.39, 0.29) is 0 Å². The molecule has 1 saturated carbocycles. The van der Waals surface area contributed by atoms with E-state index >= 15 is 0 Å². The van der Waals surface area contributed by atoms with Gasteiger partial charge in [-0.05, 0) is 67.4 Å². The molecule has 1 aliphatic carbocycles. The van der Waals surface area contributed by atoms with Gasteiger partial charge in [0.25, 0.3) is 0 Å². The molecular formula is C23H25NS2. The maximum atomic E-state index is 5.04. The van der Waals surface area contributed by atoms with Gasteiger partial charge in [0, 0.05) is 10.1 Å². The third-order valence-corrected chi connectivity index (χ3v) is 7.65. The number of aryl methyl sites for hydroxylation is 1. The van der Waals surface area contributed by atoms with Gasteiger partial charge in [-0.25, -0.2) is 4.99 Å². The highest BCUT2D eigenvalue weighted by Gasteiger charge is 2.33. The molecule has 26 heavy (non-hydrogen) atoms. The highest BCUT2D eigenvalue weighted by atomic mass is 32.2. The summed E-state index contributed by atoms with van der Waals surface area (Å²) in [6, 6.07) is 19.2. The van der Waals surface area contributed by atoms with E-state index in [1.54, 1.807) is 0 Å². The van der Waals surface area contributed by atoms with Crippen molar-refractivity contribution in [2.45, 2.75) is 49.2 Å². The Hall–Kier alpha value is -1.45. The highest BCUT2D eigenvalue weighted by Crippen LogP contribution is 2.45. The molecule has 0 N–H and O–H groups in total. The second-order valence-corrected chi connectivity index (χ2v) is 9.40. The zero-order chi connectivity index (χ0) is 17.8. The van der Waals surface area contributed by atoms with Crippen molar-refractivity contribution in [1.29, 1.82) is 0 Å². The van der Waals surface area contributed by atoms with Crippen molar-refractivity contribution in [3.8, 4) is 0 Å². The van der Waals surface area contributed by atoms with Crippen LogP contribution in [-0.2, 0) is 0 Å². The van der Waals surface area contributed by atoms with Crippen LogP contribution in [0.5, 0.6) is 0 Å². The minimum Gasteiger partial charge on any atom is -0.242 e. The van der Waals surface area contributed by atoms with Gasteiger partial charge in [0.05, 0.1) is 5.69 Å². The average Bonchev–Trinajstić information content (AvgIpc) is 2.69. The summed E-state index contributed by atoms with van der Waals surface area (Å²) >= 11 is 3.85. The summed E-state index contributed by atoms with van der Waals surface area (Å²) in [5, 5.41) is 4.34. The van der Waals surface area contributed by atoms with Crippen molar-refractivity contribution >= 4 is 34.3 Å². The van der Waals surface area contributed by atoms with Gasteiger partial charge in [0.1, 0.15) is 5.04 Å². The van der Waals surface area contributed by atoms with Crippen molar-refractivity contribution in [3.05, 3.63) is 71.1 Å². The van der Waals surface area contributed by atoms with E-state index in [0.717, 1.165) is 16.9 Å². The van der Waals surface area contributed by atoms with Crippen molar-refractivity contribution in [2.75, 3.05) is 0 Å². The van der Waals surface area contributed by atoms with Gasteiger partial charge in [-0.3, -0.25) is 0 Å². The number of rotatable bonds is 3. The second kappa shape index (κ2) is 8.49. The number of hydrogen-bond acceptors (Lipinski definition) is 3. The van der Waals surface area contributed by atoms with Crippen LogP contribution in [0.3, 0.4) is 0 Å². The lowest BCUT2D eigenvalue weighted by molar-refractivity contribution is 0.369. The summed E-state index contributed by atoms with van der Waals surface area (Å²) in [4.78, 5) is 6.34. The lowest BCUT2D eigenvalue weighted by Gasteiger charge is -2.36. The lowest BCUT2D eigenvalue weighted by atomic mass is 9.84. The second-order valence-electron chi connectivity index (χ2n) is 7.23. The quantitative estimate of drug-likeness (QED) is 0.515. The molecule has 1 nitrogen and oxygen atoms in total. The standard InChI is InChI=1S/C23H25NS2/c1-17-11-13-20(14-12-17)24-23-19(16-25-21-8-3-2-4-9-21)15-18-7-5-6-10-22(18)26-23/h2-4,8-9,11-14,16,18,22H,5-7,10,15H2,1H3/b19-16+,24-23?. The lowest BCUT2D eigenvalue weighted by Crippen LogP contribution is -2.29. The van der Waals surface area contributed by atoms with Gasteiger partial charge in [0.2, 0.25) is 0 Å². The van der Waals surface area contributed by atoms with E-state index in [1.165, 1.54) is 53.2 Å². The van der Waals surface area contributed by atoms with E-state index in [1.807, 2.05) is 23.5 Å². The Morgan fingerprint density at radius 3 is 2.58 bits per heavy atom. The first-order chi connectivity index (χ1) is 12.8. The van der Waals surface area contributed by atoms with Crippen LogP contribution >= 0.6 is 23.5 Å². The fraction of sp³-hybridized carbons (Fsp3) is 0.348. The number of aliphatic imine (C=N–C) groups is 1. The molecule has 2 unspecified atom stereocenters. The van der Waals surface area contributed by atoms with Gasteiger partial charge in [-0.1, -0.05) is 60.5 Å². The third-order valence-electron chi connectivity index (χ3n) is 5.20. The molecule has 4 rings (SSSR count). The predicted octanol–water partition coefficient (Wildman–Crippen LogP) is 7.40. The third kappa shape index (κ3) is 4.44. The van der Waals surface area contributed by atoms with E-state index in [4.69, 9.17) is 4.99 Å². The molecule has 2 fully saturated rings. The van der Waals surface area contributed by atoms with E-state index < -0.39 is 0 Å². The Balaban J connectivity index is 1.61. The largest absolute Gasteiger partial charge is 0.242 e. The zero-order valence-electron chi connectivity index (χ0n) is 15.2. The molecule has 2 aromatic rings. The van der Waals surface area contributed by atoms with E-state index in [2.05, 4.69) is 66.9 Å². The Labute approximate surface area is 165 Å². The Bertz CT molecular complexity index is 793. The fourth-order valence-electron chi connectivity index (χ4n) is 3.72. The molecular weight excluding hydrogens is 354 g/mol. The molecule has 1 heterocycles. The van der Waals surface area contributed by atoms with Gasteiger partial charge in [0.15, 0.2) is 0 Å². The first-order valence-corrected chi connectivity index (χ1v) is 11.3. The summed E-state index contributed by atoms with van der Waals surface area (Å²) in [6.45, 7) is 2.13. The van der Waals surface area contributed by atoms with Gasteiger partial charge < -0.3 is 0 Å². The Kier molecular flexibility index (Phi) is 5.86. The van der Waals surface area contributed by atoms with E-state index in [0.29, 0.717) is 0 Å². The Morgan fingerprint density at radius 2 is 1.77 bits per heavy atom. The van der Waals surface area contributed by atoms with Crippen LogP contribution in [0.1, 0.15) is 37.7 Å². The van der Waals surface area contributed by atoms with Crippen LogP contribution in [0.25, 0.3) is 0 Å². The average molecular weight is 380 g/mol. The first-order valence-electron chi connectivity index (χ1n) is 9.51. The number of nitrogens with zero attached hydrogens (tertiary/aromatic N) is 1. The van der Waals surface area contributed by atoms with Crippen LogP contribution in [-0.4, -0.2) is 10.3 Å². The minimum atomic E-state index is 0.756. The topological polar surface area (TPSA) is 12.4 Å². The highest BCUT2D eigenvalue weighted by molar-refractivity contribution is 8.15. The molecule has 3 heteroatoms. The molecule has 1 saturated heterocycles. The maximum absolute atomic E-state index is 5.04. The predicted molar refractivity (Wildman–Crippen MR) is 117 cm³/mol. The molecule has 0 spiro atoms. The molecule has 2 atom stereocenters. The number of hydrogen-bond donors (Lipinski definition) is 0. The minimum absolute atomic E-state index is 0.756. The van der Waals surface area contributed by atoms with Crippen LogP contribution in [0.4, 0.5) is 5.69 Å². The van der Waals surface area contributed by atoms with Crippen LogP contribution in [0, 0.1) is 12.8 Å². The zero-order valence-corrected chi connectivity index (χ0v) is 16.9. The van der Waals surface area contributed by atoms with Gasteiger partial charge >= 0.3 is 0 Å². The molecule has 2 aliphatic rings. The van der Waals surface area contributed by atoms with Crippen LogP contribution in [0.2, 0.25) is 0 Å². The normalized spacial score (nSPS) is 26.0. The molecule has 0 amide bonds. The maximum Gasteiger partial charge on any atom is 0.101 e. The molecule has 1 aliphatic heterocycles. The molecule has 0 bridgehead atoms. The molecule has 2 aromatic carbocycles. The molecule has 0 aromatic heterocycles. The monoisotopic (exact) mass is 379 g/mol. The summed E-state index contributed by atoms with van der Waals surface area (Å²) < 4.78 is 0. The SMILES string of the molecule is Cc1ccc(N=C2SC3CCCCC3C/C2=C\Sc2ccccc2)cc1. The van der Waals surface area contributed by atoms with Crippen molar-refractivity contribution in [1.82, 2.24) is 0 Å². The molecule has 0 radical (unpaired) electrons. The van der Waals surface area contributed by atoms with Crippen LogP contribution < -0.4 is 0 Å². The van der Waals surface area contributed by atoms with Crippen molar-refractivity contribution < 1.29 is 0 Å². The summed E-state index contributed by atoms with van der Waals surface area (Å²) in [6.07, 6.45) is 6.68. The smallest absolute Gasteiger partial charge is 0.101 e. The summed E-state index contributed by atoms with van der Waals surface area (Å²) in [7, 11) is 0. The van der Waals surface area contributed by atoms with Crippen molar-refractivity contribution in [2.24, 2.45) is 10.9 Å². The van der Waals surface area contributed by atoms with E-state index in [9.17, 15) is 0 Å². The summed E-state index contributed by atoms with van der Waals surface area (Å²) in [5.41, 5.74) is 3.78. The van der Waals surface area contributed by atoms with Gasteiger partial charge in [-0.15, -0.1) is 11.8 Å². The Morgan fingerprint density at radius 1 is 1.00 bits per heavy atom. The number of fused-ring (bicyclic) bond motifs is 1. The molecule has 134 valence electrons. The first kappa shape index (κ1) is 17.9. The van der Waals surface area contributed by atoms with Crippen LogP contribution in [0.15, 0.2) is 75.5 Å².